The molecule has 0 aliphatic carbocycles. The fourth-order valence-electron chi connectivity index (χ4n) is 1.97. The van der Waals surface area contributed by atoms with E-state index in [1.54, 1.807) is 6.07 Å². The quantitative estimate of drug-likeness (QED) is 0.380. The molecule has 0 spiro atoms. The number of rotatable bonds is 4. The summed E-state index contributed by atoms with van der Waals surface area (Å²) >= 11 is 0. The van der Waals surface area contributed by atoms with Gasteiger partial charge in [0.2, 0.25) is 0 Å². The van der Waals surface area contributed by atoms with Crippen LogP contribution in [0.15, 0.2) is 24.8 Å². The number of hydrogen-bond donors (Lipinski definition) is 1. The maximum Gasteiger partial charge on any atom is 0.330 e. The van der Waals surface area contributed by atoms with Gasteiger partial charge in [-0.25, -0.2) is 4.79 Å². The molecule has 0 bridgehead atoms. The second-order valence-electron chi connectivity index (χ2n) is 3.84. The predicted molar refractivity (Wildman–Crippen MR) is 65.3 cm³/mol. The van der Waals surface area contributed by atoms with E-state index in [2.05, 4.69) is 11.9 Å². The second-order valence-corrected chi connectivity index (χ2v) is 3.84. The standard InChI is InChI=1S/C12H12N2O4/c1-2-11(15)18-7-8-3-4-10(14(16)17)12-9(8)5-6-13-12/h2-4,13H,1,5-7H2. The summed E-state index contributed by atoms with van der Waals surface area (Å²) in [6.07, 6.45) is 1.78. The van der Waals surface area contributed by atoms with E-state index in [0.29, 0.717) is 18.7 Å². The first-order valence-electron chi connectivity index (χ1n) is 5.45. The molecule has 0 aromatic heterocycles. The zero-order valence-electron chi connectivity index (χ0n) is 9.64. The SMILES string of the molecule is C=CC(=O)OCc1ccc([N+](=O)[O-])c2c1CCN2. The van der Waals surface area contributed by atoms with E-state index < -0.39 is 10.9 Å². The van der Waals surface area contributed by atoms with Gasteiger partial charge in [-0.3, -0.25) is 10.1 Å². The van der Waals surface area contributed by atoms with Gasteiger partial charge in [0.1, 0.15) is 12.3 Å². The Kier molecular flexibility index (Phi) is 3.27. The smallest absolute Gasteiger partial charge is 0.330 e. The van der Waals surface area contributed by atoms with Gasteiger partial charge in [-0.05, 0) is 23.6 Å². The highest BCUT2D eigenvalue weighted by molar-refractivity contribution is 5.81. The van der Waals surface area contributed by atoms with Crippen LogP contribution in [0.25, 0.3) is 0 Å². The zero-order chi connectivity index (χ0) is 13.1. The summed E-state index contributed by atoms with van der Waals surface area (Å²) in [6, 6.07) is 3.05. The number of hydrogen-bond acceptors (Lipinski definition) is 5. The van der Waals surface area contributed by atoms with E-state index in [0.717, 1.165) is 17.2 Å². The molecule has 94 valence electrons. The summed E-state index contributed by atoms with van der Waals surface area (Å²) < 4.78 is 4.95. The molecule has 1 aliphatic heterocycles. The first kappa shape index (κ1) is 12.1. The third-order valence-electron chi connectivity index (χ3n) is 2.80. The summed E-state index contributed by atoms with van der Waals surface area (Å²) in [5, 5.41) is 13.8. The second kappa shape index (κ2) is 4.87. The molecule has 0 saturated heterocycles. The minimum Gasteiger partial charge on any atom is -0.458 e. The Labute approximate surface area is 103 Å². The monoisotopic (exact) mass is 248 g/mol. The van der Waals surface area contributed by atoms with Crippen LogP contribution in [0.1, 0.15) is 11.1 Å². The number of carbonyl (C=O) groups is 1. The van der Waals surface area contributed by atoms with E-state index >= 15 is 0 Å². The average molecular weight is 248 g/mol. The highest BCUT2D eigenvalue weighted by Gasteiger charge is 2.24. The molecule has 0 unspecified atom stereocenters. The molecule has 2 rings (SSSR count). The summed E-state index contributed by atoms with van der Waals surface area (Å²) in [5.41, 5.74) is 2.23. The fraction of sp³-hybridized carbons (Fsp3) is 0.250. The number of nitrogens with zero attached hydrogens (tertiary/aromatic N) is 1. The van der Waals surface area contributed by atoms with Gasteiger partial charge in [0, 0.05) is 18.7 Å². The molecule has 1 heterocycles. The van der Waals surface area contributed by atoms with Gasteiger partial charge in [-0.15, -0.1) is 0 Å². The predicted octanol–water partition coefficient (Wildman–Crippen LogP) is 1.79. The van der Waals surface area contributed by atoms with E-state index in [9.17, 15) is 14.9 Å². The molecule has 1 aliphatic rings. The van der Waals surface area contributed by atoms with Gasteiger partial charge in [-0.1, -0.05) is 6.58 Å². The summed E-state index contributed by atoms with van der Waals surface area (Å²) in [4.78, 5) is 21.4. The molecule has 0 amide bonds. The molecular weight excluding hydrogens is 236 g/mol. The number of esters is 1. The van der Waals surface area contributed by atoms with Crippen LogP contribution in [-0.4, -0.2) is 17.4 Å². The van der Waals surface area contributed by atoms with Crippen LogP contribution >= 0.6 is 0 Å². The summed E-state index contributed by atoms with van der Waals surface area (Å²) in [5.74, 6) is -0.506. The van der Waals surface area contributed by atoms with Crippen molar-refractivity contribution in [1.82, 2.24) is 0 Å². The Hall–Kier alpha value is -2.37. The number of nitro benzene ring substituents is 1. The van der Waals surface area contributed by atoms with Crippen LogP contribution in [0.4, 0.5) is 11.4 Å². The van der Waals surface area contributed by atoms with E-state index in [1.165, 1.54) is 6.07 Å². The maximum atomic E-state index is 11.0. The lowest BCUT2D eigenvalue weighted by atomic mass is 10.0. The number of anilines is 1. The first-order valence-corrected chi connectivity index (χ1v) is 5.45. The fourth-order valence-corrected chi connectivity index (χ4v) is 1.97. The molecule has 1 aromatic carbocycles. The van der Waals surface area contributed by atoms with Gasteiger partial charge in [0.05, 0.1) is 4.92 Å². The van der Waals surface area contributed by atoms with Crippen molar-refractivity contribution in [2.24, 2.45) is 0 Å². The topological polar surface area (TPSA) is 81.5 Å². The van der Waals surface area contributed by atoms with Crippen molar-refractivity contribution in [2.75, 3.05) is 11.9 Å². The number of ether oxygens (including phenoxy) is 1. The van der Waals surface area contributed by atoms with Crippen molar-refractivity contribution in [3.05, 3.63) is 46.0 Å². The number of carbonyl (C=O) groups excluding carboxylic acids is 1. The Morgan fingerprint density at radius 2 is 2.39 bits per heavy atom. The highest BCUT2D eigenvalue weighted by Crippen LogP contribution is 2.35. The van der Waals surface area contributed by atoms with Gasteiger partial charge in [-0.2, -0.15) is 0 Å². The van der Waals surface area contributed by atoms with Crippen molar-refractivity contribution in [3.63, 3.8) is 0 Å². The van der Waals surface area contributed by atoms with Crippen molar-refractivity contribution in [3.8, 4) is 0 Å². The Bertz CT molecular complexity index is 525. The van der Waals surface area contributed by atoms with E-state index in [4.69, 9.17) is 4.74 Å². The van der Waals surface area contributed by atoms with Gasteiger partial charge in [0.25, 0.3) is 5.69 Å². The average Bonchev–Trinajstić information content (AvgIpc) is 2.84. The molecule has 1 aromatic rings. The van der Waals surface area contributed by atoms with Crippen LogP contribution in [0, 0.1) is 10.1 Å². The van der Waals surface area contributed by atoms with Crippen molar-refractivity contribution in [2.45, 2.75) is 13.0 Å². The molecule has 0 fully saturated rings. The van der Waals surface area contributed by atoms with Crippen LogP contribution in [-0.2, 0) is 22.6 Å². The molecule has 0 saturated carbocycles. The van der Waals surface area contributed by atoms with E-state index in [1.807, 2.05) is 0 Å². The lowest BCUT2D eigenvalue weighted by Crippen LogP contribution is -2.03. The van der Waals surface area contributed by atoms with Gasteiger partial charge >= 0.3 is 5.97 Å². The van der Waals surface area contributed by atoms with Gasteiger partial charge in [0.15, 0.2) is 0 Å². The zero-order valence-corrected chi connectivity index (χ0v) is 9.64. The molecule has 1 N–H and O–H groups in total. The van der Waals surface area contributed by atoms with Crippen LogP contribution < -0.4 is 5.32 Å². The third-order valence-corrected chi connectivity index (χ3v) is 2.80. The minimum absolute atomic E-state index is 0.0568. The number of nitro groups is 1. The lowest BCUT2D eigenvalue weighted by molar-refractivity contribution is -0.383. The minimum atomic E-state index is -0.506. The Morgan fingerprint density at radius 1 is 1.61 bits per heavy atom. The van der Waals surface area contributed by atoms with Crippen LogP contribution in [0.3, 0.4) is 0 Å². The molecule has 18 heavy (non-hydrogen) atoms. The normalized spacial score (nSPS) is 12.4. The molecular formula is C12H12N2O4. The molecule has 6 heteroatoms. The maximum absolute atomic E-state index is 11.0. The summed E-state index contributed by atoms with van der Waals surface area (Å²) in [7, 11) is 0. The molecule has 0 atom stereocenters. The number of fused-ring (bicyclic) bond motifs is 1. The molecule has 0 radical (unpaired) electrons. The van der Waals surface area contributed by atoms with E-state index in [-0.39, 0.29) is 12.3 Å². The Morgan fingerprint density at radius 3 is 3.06 bits per heavy atom. The number of benzene rings is 1. The van der Waals surface area contributed by atoms with Gasteiger partial charge < -0.3 is 10.1 Å². The van der Waals surface area contributed by atoms with Crippen LogP contribution in [0.5, 0.6) is 0 Å². The number of nitrogens with one attached hydrogen (secondary N) is 1. The first-order chi connectivity index (χ1) is 8.63. The lowest BCUT2D eigenvalue weighted by Gasteiger charge is -2.08. The van der Waals surface area contributed by atoms with Crippen molar-refractivity contribution < 1.29 is 14.5 Å². The van der Waals surface area contributed by atoms with Crippen LogP contribution in [0.2, 0.25) is 0 Å². The Balaban J connectivity index is 2.28. The third kappa shape index (κ3) is 2.17. The highest BCUT2D eigenvalue weighted by atomic mass is 16.6. The van der Waals surface area contributed by atoms with Crippen molar-refractivity contribution >= 4 is 17.3 Å². The van der Waals surface area contributed by atoms with Crippen molar-refractivity contribution in [1.29, 1.82) is 0 Å². The largest absolute Gasteiger partial charge is 0.458 e. The molecule has 6 nitrogen and oxygen atoms in total. The summed E-state index contributed by atoms with van der Waals surface area (Å²) in [6.45, 7) is 4.07.